The molecule has 1 N–H and O–H groups in total. The van der Waals surface area contributed by atoms with Gasteiger partial charge in [-0.25, -0.2) is 5.43 Å². The van der Waals surface area contributed by atoms with Gasteiger partial charge in [0.1, 0.15) is 5.75 Å². The fourth-order valence-corrected chi connectivity index (χ4v) is 1.73. The Morgan fingerprint density at radius 1 is 1.09 bits per heavy atom. The lowest BCUT2D eigenvalue weighted by Crippen LogP contribution is -2.25. The zero-order chi connectivity index (χ0) is 15.8. The first-order valence-electron chi connectivity index (χ1n) is 6.76. The fraction of sp³-hybridized carbons (Fsp3) is 0.118. The van der Waals surface area contributed by atoms with Crippen molar-refractivity contribution >= 4 is 17.9 Å². The highest BCUT2D eigenvalue weighted by Crippen LogP contribution is 2.15. The predicted octanol–water partition coefficient (Wildman–Crippen LogP) is 2.36. The molecule has 0 atom stereocenters. The average molecular weight is 296 g/mol. The van der Waals surface area contributed by atoms with Crippen molar-refractivity contribution in [3.63, 3.8) is 0 Å². The Balaban J connectivity index is 1.79. The van der Waals surface area contributed by atoms with Crippen LogP contribution in [0.15, 0.2) is 59.7 Å². The molecule has 1 amide bonds. The van der Waals surface area contributed by atoms with Crippen molar-refractivity contribution in [2.45, 2.75) is 6.92 Å². The Morgan fingerprint density at radius 3 is 2.50 bits per heavy atom. The van der Waals surface area contributed by atoms with Crippen LogP contribution in [0.5, 0.6) is 5.75 Å². The van der Waals surface area contributed by atoms with E-state index < -0.39 is 5.91 Å². The molecule has 0 aliphatic carbocycles. The van der Waals surface area contributed by atoms with Crippen LogP contribution in [-0.4, -0.2) is 24.5 Å². The van der Waals surface area contributed by atoms with E-state index in [1.165, 1.54) is 0 Å². The van der Waals surface area contributed by atoms with Gasteiger partial charge < -0.3 is 4.74 Å². The molecular formula is C17H16N2O3. The van der Waals surface area contributed by atoms with Crippen molar-refractivity contribution in [2.75, 3.05) is 6.61 Å². The number of nitrogens with one attached hydrogen (secondary N) is 1. The molecule has 2 rings (SSSR count). The predicted molar refractivity (Wildman–Crippen MR) is 84.1 cm³/mol. The highest BCUT2D eigenvalue weighted by atomic mass is 16.5. The number of carbonyl (C=O) groups is 2. The van der Waals surface area contributed by atoms with Gasteiger partial charge in [-0.15, -0.1) is 0 Å². The highest BCUT2D eigenvalue weighted by Gasteiger charge is 2.04. The molecule has 2 aromatic carbocycles. The smallest absolute Gasteiger partial charge is 0.277 e. The van der Waals surface area contributed by atoms with Crippen molar-refractivity contribution in [1.29, 1.82) is 0 Å². The summed E-state index contributed by atoms with van der Waals surface area (Å²) in [4.78, 5) is 23.3. The molecule has 0 unspecified atom stereocenters. The van der Waals surface area contributed by atoms with E-state index in [1.54, 1.807) is 30.3 Å². The van der Waals surface area contributed by atoms with Crippen molar-refractivity contribution in [2.24, 2.45) is 5.10 Å². The monoisotopic (exact) mass is 296 g/mol. The van der Waals surface area contributed by atoms with Gasteiger partial charge in [-0.3, -0.25) is 9.59 Å². The fourth-order valence-electron chi connectivity index (χ4n) is 1.73. The SMILES string of the molecule is Cc1ccccc1OCC(=O)N/N=C/C(=O)c1ccccc1. The lowest BCUT2D eigenvalue weighted by Gasteiger charge is -2.07. The second-order valence-corrected chi connectivity index (χ2v) is 4.58. The molecule has 2 aromatic rings. The average Bonchev–Trinajstić information content (AvgIpc) is 2.55. The lowest BCUT2D eigenvalue weighted by molar-refractivity contribution is -0.123. The zero-order valence-corrected chi connectivity index (χ0v) is 12.2. The summed E-state index contributed by atoms with van der Waals surface area (Å²) in [6.07, 6.45) is 1.07. The number of nitrogens with zero attached hydrogens (tertiary/aromatic N) is 1. The van der Waals surface area contributed by atoms with E-state index in [0.29, 0.717) is 11.3 Å². The van der Waals surface area contributed by atoms with Gasteiger partial charge in [0.2, 0.25) is 5.78 Å². The van der Waals surface area contributed by atoms with Crippen LogP contribution >= 0.6 is 0 Å². The summed E-state index contributed by atoms with van der Waals surface area (Å²) in [5.41, 5.74) is 3.71. The van der Waals surface area contributed by atoms with Gasteiger partial charge in [-0.1, -0.05) is 48.5 Å². The lowest BCUT2D eigenvalue weighted by atomic mass is 10.1. The van der Waals surface area contributed by atoms with Crippen molar-refractivity contribution in [1.82, 2.24) is 5.43 Å². The number of hydrogen-bond acceptors (Lipinski definition) is 4. The molecule has 0 aromatic heterocycles. The number of amides is 1. The summed E-state index contributed by atoms with van der Waals surface area (Å²) < 4.78 is 5.37. The van der Waals surface area contributed by atoms with E-state index >= 15 is 0 Å². The van der Waals surface area contributed by atoms with E-state index in [0.717, 1.165) is 11.8 Å². The summed E-state index contributed by atoms with van der Waals surface area (Å²) in [6, 6.07) is 16.1. The van der Waals surface area contributed by atoms with Gasteiger partial charge >= 0.3 is 0 Å². The number of ketones is 1. The Labute approximate surface area is 128 Å². The Kier molecular flexibility index (Phi) is 5.43. The molecule has 0 saturated heterocycles. The molecule has 0 aliphatic rings. The molecular weight excluding hydrogens is 280 g/mol. The van der Waals surface area contributed by atoms with E-state index in [9.17, 15) is 9.59 Å². The second kappa shape index (κ2) is 7.73. The van der Waals surface area contributed by atoms with Crippen molar-refractivity contribution in [3.8, 4) is 5.75 Å². The molecule has 0 fully saturated rings. The molecule has 112 valence electrons. The Bertz CT molecular complexity index is 681. The van der Waals surface area contributed by atoms with Crippen LogP contribution in [0.4, 0.5) is 0 Å². The van der Waals surface area contributed by atoms with Crippen molar-refractivity contribution in [3.05, 3.63) is 65.7 Å². The van der Waals surface area contributed by atoms with Crippen LogP contribution in [0.2, 0.25) is 0 Å². The first kappa shape index (κ1) is 15.4. The minimum Gasteiger partial charge on any atom is -0.483 e. The quantitative estimate of drug-likeness (QED) is 0.505. The third-order valence-electron chi connectivity index (χ3n) is 2.88. The summed E-state index contributed by atoms with van der Waals surface area (Å²) in [5, 5.41) is 3.63. The molecule has 5 nitrogen and oxygen atoms in total. The molecule has 0 aliphatic heterocycles. The Hall–Kier alpha value is -2.95. The molecule has 0 saturated carbocycles. The van der Waals surface area contributed by atoms with Gasteiger partial charge in [-0.2, -0.15) is 5.10 Å². The number of rotatable bonds is 6. The molecule has 0 spiro atoms. The van der Waals surface area contributed by atoms with Gasteiger partial charge in [0.15, 0.2) is 6.61 Å². The van der Waals surface area contributed by atoms with E-state index in [1.807, 2.05) is 31.2 Å². The number of hydrazone groups is 1. The van der Waals surface area contributed by atoms with Gasteiger partial charge in [0.25, 0.3) is 5.91 Å². The van der Waals surface area contributed by atoms with Crippen LogP contribution < -0.4 is 10.2 Å². The number of ether oxygens (including phenoxy) is 1. The Morgan fingerprint density at radius 2 is 1.77 bits per heavy atom. The number of benzene rings is 2. The maximum atomic E-state index is 11.7. The summed E-state index contributed by atoms with van der Waals surface area (Å²) in [7, 11) is 0. The number of para-hydroxylation sites is 1. The summed E-state index contributed by atoms with van der Waals surface area (Å²) in [6.45, 7) is 1.73. The second-order valence-electron chi connectivity index (χ2n) is 4.58. The summed E-state index contributed by atoms with van der Waals surface area (Å²) in [5.74, 6) is -0.0666. The van der Waals surface area contributed by atoms with E-state index in [2.05, 4.69) is 10.5 Å². The number of aryl methyl sites for hydroxylation is 1. The standard InChI is InChI=1S/C17H16N2O3/c1-13-7-5-6-10-16(13)22-12-17(21)19-18-11-15(20)14-8-3-2-4-9-14/h2-11H,12H2,1H3,(H,19,21)/b18-11+. The summed E-state index contributed by atoms with van der Waals surface area (Å²) >= 11 is 0. The first-order chi connectivity index (χ1) is 10.7. The normalized spacial score (nSPS) is 10.4. The van der Waals surface area contributed by atoms with Crippen LogP contribution in [-0.2, 0) is 4.79 Å². The largest absolute Gasteiger partial charge is 0.483 e. The maximum absolute atomic E-state index is 11.7. The minimum absolute atomic E-state index is 0.165. The zero-order valence-electron chi connectivity index (χ0n) is 12.2. The number of carbonyl (C=O) groups excluding carboxylic acids is 2. The van der Waals surface area contributed by atoms with E-state index in [4.69, 9.17) is 4.74 Å². The topological polar surface area (TPSA) is 67.8 Å². The third kappa shape index (κ3) is 4.56. The van der Waals surface area contributed by atoms with Crippen LogP contribution in [0.3, 0.4) is 0 Å². The van der Waals surface area contributed by atoms with Crippen LogP contribution in [0.1, 0.15) is 15.9 Å². The van der Waals surface area contributed by atoms with Gasteiger partial charge in [-0.05, 0) is 18.6 Å². The molecule has 0 radical (unpaired) electrons. The van der Waals surface area contributed by atoms with E-state index in [-0.39, 0.29) is 12.4 Å². The van der Waals surface area contributed by atoms with Gasteiger partial charge in [0.05, 0.1) is 6.21 Å². The first-order valence-corrected chi connectivity index (χ1v) is 6.76. The van der Waals surface area contributed by atoms with Crippen LogP contribution in [0.25, 0.3) is 0 Å². The third-order valence-corrected chi connectivity index (χ3v) is 2.88. The molecule has 0 bridgehead atoms. The molecule has 5 heteroatoms. The number of Topliss-reactive ketones (excluding diaryl/α,β-unsaturated/α-hetero) is 1. The minimum atomic E-state index is -0.430. The van der Waals surface area contributed by atoms with Gasteiger partial charge in [0, 0.05) is 5.56 Å². The maximum Gasteiger partial charge on any atom is 0.277 e. The van der Waals surface area contributed by atoms with Crippen LogP contribution in [0, 0.1) is 6.92 Å². The molecule has 0 heterocycles. The van der Waals surface area contributed by atoms with Crippen molar-refractivity contribution < 1.29 is 14.3 Å². The molecule has 22 heavy (non-hydrogen) atoms. The number of hydrogen-bond donors (Lipinski definition) is 1. The highest BCUT2D eigenvalue weighted by molar-refractivity contribution is 6.35.